The zero-order valence-electron chi connectivity index (χ0n) is 6.30. The van der Waals surface area contributed by atoms with Gasteiger partial charge in [0.1, 0.15) is 0 Å². The molecule has 13 heavy (non-hydrogen) atoms. The lowest BCUT2D eigenvalue weighted by Gasteiger charge is -1.94. The lowest BCUT2D eigenvalue weighted by atomic mass is 10.3. The van der Waals surface area contributed by atoms with Gasteiger partial charge in [0.15, 0.2) is 11.3 Å². The van der Waals surface area contributed by atoms with E-state index in [1.54, 1.807) is 6.07 Å². The number of nitro benzene ring substituents is 1. The van der Waals surface area contributed by atoms with Crippen LogP contribution < -0.4 is 0 Å². The summed E-state index contributed by atoms with van der Waals surface area (Å²) in [7, 11) is 0. The molecule has 0 bridgehead atoms. The Morgan fingerprint density at radius 3 is 3.00 bits per heavy atom. The van der Waals surface area contributed by atoms with Crippen molar-refractivity contribution in [3.8, 4) is 5.75 Å². The summed E-state index contributed by atoms with van der Waals surface area (Å²) >= 11 is 1.30. The number of phenols is 1. The first-order chi connectivity index (χ1) is 6.20. The monoisotopic (exact) mass is 196 g/mol. The summed E-state index contributed by atoms with van der Waals surface area (Å²) in [4.78, 5) is 13.7. The van der Waals surface area contributed by atoms with Crippen molar-refractivity contribution in [3.63, 3.8) is 0 Å². The largest absolute Gasteiger partial charge is 0.502 e. The molecule has 0 aliphatic rings. The van der Waals surface area contributed by atoms with Gasteiger partial charge in [-0.2, -0.15) is 0 Å². The molecule has 0 atom stereocenters. The summed E-state index contributed by atoms with van der Waals surface area (Å²) < 4.78 is 0.699. The molecule has 6 heteroatoms. The van der Waals surface area contributed by atoms with Crippen molar-refractivity contribution in [2.24, 2.45) is 0 Å². The van der Waals surface area contributed by atoms with Crippen LogP contribution in [-0.4, -0.2) is 15.0 Å². The molecule has 1 aromatic carbocycles. The van der Waals surface area contributed by atoms with Crippen LogP contribution in [0.1, 0.15) is 0 Å². The second-order valence-corrected chi connectivity index (χ2v) is 3.28. The Morgan fingerprint density at radius 2 is 2.31 bits per heavy atom. The third-order valence-corrected chi connectivity index (χ3v) is 2.43. The molecule has 0 saturated carbocycles. The van der Waals surface area contributed by atoms with Gasteiger partial charge in [-0.25, -0.2) is 4.98 Å². The molecule has 5 nitrogen and oxygen atoms in total. The number of aromatic nitrogens is 1. The van der Waals surface area contributed by atoms with Gasteiger partial charge in [-0.3, -0.25) is 10.1 Å². The zero-order valence-corrected chi connectivity index (χ0v) is 7.11. The minimum absolute atomic E-state index is 0.245. The van der Waals surface area contributed by atoms with Crippen LogP contribution in [0.15, 0.2) is 17.6 Å². The van der Waals surface area contributed by atoms with Gasteiger partial charge < -0.3 is 5.11 Å². The minimum atomic E-state index is -0.628. The van der Waals surface area contributed by atoms with Gasteiger partial charge in [0.25, 0.3) is 0 Å². The molecule has 1 heterocycles. The van der Waals surface area contributed by atoms with E-state index >= 15 is 0 Å². The highest BCUT2D eigenvalue weighted by Gasteiger charge is 2.19. The van der Waals surface area contributed by atoms with Crippen LogP contribution in [0, 0.1) is 10.1 Å². The highest BCUT2D eigenvalue weighted by Crippen LogP contribution is 2.34. The summed E-state index contributed by atoms with van der Waals surface area (Å²) in [6.07, 6.45) is 0. The van der Waals surface area contributed by atoms with Crippen LogP contribution >= 0.6 is 11.3 Å². The first-order valence-corrected chi connectivity index (χ1v) is 4.27. The molecule has 2 aromatic rings. The number of phenolic OH excluding ortho intramolecular Hbond substituents is 1. The summed E-state index contributed by atoms with van der Waals surface area (Å²) in [5, 5.41) is 19.8. The molecule has 0 aliphatic carbocycles. The third kappa shape index (κ3) is 1.11. The fourth-order valence-corrected chi connectivity index (χ4v) is 1.77. The zero-order chi connectivity index (χ0) is 9.42. The molecule has 0 fully saturated rings. The predicted molar refractivity (Wildman–Crippen MR) is 47.9 cm³/mol. The number of thiazole rings is 1. The van der Waals surface area contributed by atoms with E-state index in [2.05, 4.69) is 4.98 Å². The quantitative estimate of drug-likeness (QED) is 0.558. The van der Waals surface area contributed by atoms with E-state index in [1.807, 2.05) is 0 Å². The van der Waals surface area contributed by atoms with E-state index < -0.39 is 4.92 Å². The van der Waals surface area contributed by atoms with Crippen LogP contribution in [0.5, 0.6) is 5.75 Å². The van der Waals surface area contributed by atoms with Crippen molar-refractivity contribution >= 4 is 27.2 Å². The smallest absolute Gasteiger partial charge is 0.337 e. The number of nitrogens with zero attached hydrogens (tertiary/aromatic N) is 2. The van der Waals surface area contributed by atoms with Crippen molar-refractivity contribution in [1.82, 2.24) is 4.98 Å². The molecule has 0 saturated heterocycles. The molecule has 66 valence electrons. The number of rotatable bonds is 1. The SMILES string of the molecule is O=[N+]([O-])c1c(O)ccc2scnc12. The van der Waals surface area contributed by atoms with E-state index in [0.29, 0.717) is 4.70 Å². The highest BCUT2D eigenvalue weighted by molar-refractivity contribution is 7.16. The first kappa shape index (κ1) is 7.93. The fraction of sp³-hybridized carbons (Fsp3) is 0. The molecule has 0 aliphatic heterocycles. The van der Waals surface area contributed by atoms with E-state index in [-0.39, 0.29) is 17.0 Å². The van der Waals surface area contributed by atoms with Gasteiger partial charge in [-0.05, 0) is 12.1 Å². The van der Waals surface area contributed by atoms with Crippen LogP contribution in [0.4, 0.5) is 5.69 Å². The number of aromatic hydroxyl groups is 1. The molecule has 2 rings (SSSR count). The van der Waals surface area contributed by atoms with Gasteiger partial charge in [-0.1, -0.05) is 0 Å². The van der Waals surface area contributed by atoms with E-state index in [1.165, 1.54) is 22.9 Å². The number of fused-ring (bicyclic) bond motifs is 1. The lowest BCUT2D eigenvalue weighted by Crippen LogP contribution is -1.89. The van der Waals surface area contributed by atoms with Gasteiger partial charge in [0.05, 0.1) is 15.1 Å². The molecule has 0 unspecified atom stereocenters. The van der Waals surface area contributed by atoms with E-state index in [9.17, 15) is 15.2 Å². The summed E-state index contributed by atoms with van der Waals surface area (Å²) in [5.41, 5.74) is 1.44. The highest BCUT2D eigenvalue weighted by atomic mass is 32.1. The maximum Gasteiger partial charge on any atom is 0.337 e. The molecular weight excluding hydrogens is 192 g/mol. The van der Waals surface area contributed by atoms with E-state index in [0.717, 1.165) is 0 Å². The van der Waals surface area contributed by atoms with Gasteiger partial charge in [0, 0.05) is 0 Å². The summed E-state index contributed by atoms with van der Waals surface area (Å²) in [5.74, 6) is -0.344. The first-order valence-electron chi connectivity index (χ1n) is 3.39. The number of nitro groups is 1. The Labute approximate surface area is 76.4 Å². The number of benzene rings is 1. The lowest BCUT2D eigenvalue weighted by molar-refractivity contribution is -0.384. The van der Waals surface area contributed by atoms with Crippen molar-refractivity contribution in [2.45, 2.75) is 0 Å². The molecule has 0 radical (unpaired) electrons. The van der Waals surface area contributed by atoms with Gasteiger partial charge in [0.2, 0.25) is 0 Å². The average molecular weight is 196 g/mol. The Morgan fingerprint density at radius 1 is 1.54 bits per heavy atom. The molecular formula is C7H4N2O3S. The van der Waals surface area contributed by atoms with Crippen LogP contribution in [-0.2, 0) is 0 Å². The van der Waals surface area contributed by atoms with Gasteiger partial charge in [-0.15, -0.1) is 11.3 Å². The summed E-state index contributed by atoms with van der Waals surface area (Å²) in [6.45, 7) is 0. The maximum absolute atomic E-state index is 10.5. The van der Waals surface area contributed by atoms with Gasteiger partial charge >= 0.3 is 5.69 Å². The Balaban J connectivity index is 2.88. The molecule has 0 spiro atoms. The Bertz CT molecular complexity index is 480. The number of hydrogen-bond donors (Lipinski definition) is 1. The molecule has 0 amide bonds. The second kappa shape index (κ2) is 2.67. The van der Waals surface area contributed by atoms with Crippen molar-refractivity contribution in [3.05, 3.63) is 27.8 Å². The Kier molecular flexibility index (Phi) is 1.63. The standard InChI is InChI=1S/C7H4N2O3S/c10-4-1-2-5-6(8-3-13-5)7(4)9(11)12/h1-3,10H. The molecule has 1 N–H and O–H groups in total. The van der Waals surface area contributed by atoms with Crippen LogP contribution in [0.3, 0.4) is 0 Å². The third-order valence-electron chi connectivity index (χ3n) is 1.64. The normalized spacial score (nSPS) is 10.5. The van der Waals surface area contributed by atoms with Crippen LogP contribution in [0.2, 0.25) is 0 Å². The topological polar surface area (TPSA) is 76.3 Å². The molecule has 1 aromatic heterocycles. The maximum atomic E-state index is 10.5. The minimum Gasteiger partial charge on any atom is -0.502 e. The van der Waals surface area contributed by atoms with E-state index in [4.69, 9.17) is 0 Å². The van der Waals surface area contributed by atoms with Crippen molar-refractivity contribution < 1.29 is 10.0 Å². The van der Waals surface area contributed by atoms with Crippen LogP contribution in [0.25, 0.3) is 10.2 Å². The van der Waals surface area contributed by atoms with Crippen molar-refractivity contribution in [1.29, 1.82) is 0 Å². The Hall–Kier alpha value is -1.69. The second-order valence-electron chi connectivity index (χ2n) is 2.39. The van der Waals surface area contributed by atoms with Crippen molar-refractivity contribution in [2.75, 3.05) is 0 Å². The summed E-state index contributed by atoms with van der Waals surface area (Å²) in [6, 6.07) is 2.91. The fourth-order valence-electron chi connectivity index (χ4n) is 1.09. The average Bonchev–Trinajstić information content (AvgIpc) is 2.50. The predicted octanol–water partition coefficient (Wildman–Crippen LogP) is 1.91. The number of hydrogen-bond acceptors (Lipinski definition) is 5.